The number of unbranched alkanes of at least 4 members (excludes halogenated alkanes) is 23. The maximum absolute atomic E-state index is 13.5. The zero-order valence-corrected chi connectivity index (χ0v) is 61.1. The van der Waals surface area contributed by atoms with Crippen molar-refractivity contribution in [2.45, 2.75) is 356 Å². The van der Waals surface area contributed by atoms with Crippen molar-refractivity contribution in [1.82, 2.24) is 5.32 Å². The summed E-state index contributed by atoms with van der Waals surface area (Å²) in [6.45, 7) is 1.68. The number of aliphatic hydroxyl groups is 11. The van der Waals surface area contributed by atoms with E-state index in [1.165, 1.54) is 89.9 Å². The Hall–Kier alpha value is -3.81. The molecular weight excluding hydrogens is 1270 g/mol. The standard InChI is InChI=1S/C81H137NO18/c1-3-5-7-9-11-13-15-17-19-21-23-24-25-26-27-28-29-30-31-32-33-34-35-36-37-38-39-40-41-43-45-47-49-51-53-55-57-59-69(87)82-64(65(86)58-56-54-52-50-48-46-44-42-22-20-18-16-14-12-10-8-6-4-2)63-95-79-75(93)72(90)77(67(61-84)97-79)100-81-76(94)73(91)78(68(62-85)98-81)99-80-74(92)71(89)70(88)66(60-83)96-80/h5,7,11,13,17,19,23-24,26-27,29-30,32-33,35-36,38-39,41,43,64-68,70-81,83-86,88-94H,3-4,6,8-10,12,14-16,18,20-22,25,28,31,34,37,40,42,44-63H2,1-2H3,(H,82,87)/b7-5-,13-11-,19-17-,24-23-,27-26-,30-29-,33-32-,36-35-,39-38-,43-41-. The monoisotopic (exact) mass is 1410 g/mol. The van der Waals surface area contributed by atoms with E-state index in [0.29, 0.717) is 12.8 Å². The molecule has 0 saturated carbocycles. The van der Waals surface area contributed by atoms with Gasteiger partial charge >= 0.3 is 0 Å². The summed E-state index contributed by atoms with van der Waals surface area (Å²) in [7, 11) is 0. The molecule has 17 unspecified atom stereocenters. The first-order valence-electron chi connectivity index (χ1n) is 38.8. The first-order valence-corrected chi connectivity index (χ1v) is 38.8. The van der Waals surface area contributed by atoms with E-state index in [1.807, 2.05) is 0 Å². The fraction of sp³-hybridized carbons (Fsp3) is 0.741. The molecule has 0 aromatic heterocycles. The summed E-state index contributed by atoms with van der Waals surface area (Å²) in [4.78, 5) is 13.5. The molecule has 3 rings (SSSR count). The van der Waals surface area contributed by atoms with Crippen LogP contribution < -0.4 is 5.32 Å². The van der Waals surface area contributed by atoms with E-state index < -0.39 is 124 Å². The second-order valence-corrected chi connectivity index (χ2v) is 27.1. The Bertz CT molecular complexity index is 2280. The summed E-state index contributed by atoms with van der Waals surface area (Å²) in [5.74, 6) is -0.261. The summed E-state index contributed by atoms with van der Waals surface area (Å²) < 4.78 is 34.5. The van der Waals surface area contributed by atoms with E-state index >= 15 is 0 Å². The Morgan fingerprint density at radius 2 is 0.690 bits per heavy atom. The van der Waals surface area contributed by atoms with Gasteiger partial charge in [0.25, 0.3) is 0 Å². The average Bonchev–Trinajstić information content (AvgIpc) is 0.783. The Morgan fingerprint density at radius 1 is 0.370 bits per heavy atom. The van der Waals surface area contributed by atoms with Gasteiger partial charge in [-0.3, -0.25) is 4.79 Å². The summed E-state index contributed by atoms with van der Waals surface area (Å²) in [6.07, 6.45) is 57.0. The number of carbonyl (C=O) groups is 1. The number of rotatable bonds is 59. The van der Waals surface area contributed by atoms with Crippen LogP contribution in [0.15, 0.2) is 122 Å². The SMILES string of the molecule is CC/C=C\C/C=C\C/C=C\C/C=C\C/C=C\C/C=C\C/C=C\C/C=C\C/C=C\C/C=C\CCCCCCCCC(=O)NC(COC1OC(CO)C(OC2OC(CO)C(OC3OC(CO)C(O)C(O)C3O)C(O)C2O)C(O)C1O)C(O)CCCCCCCCCCCCCCCCCCCC. The number of amides is 1. The van der Waals surface area contributed by atoms with Crippen molar-refractivity contribution in [3.8, 4) is 0 Å². The van der Waals surface area contributed by atoms with Gasteiger partial charge in [0, 0.05) is 6.42 Å². The van der Waals surface area contributed by atoms with E-state index in [2.05, 4.69) is 141 Å². The lowest BCUT2D eigenvalue weighted by atomic mass is 9.96. The van der Waals surface area contributed by atoms with Gasteiger partial charge in [0.05, 0.1) is 38.6 Å². The number of nitrogens with one attached hydrogen (secondary N) is 1. The van der Waals surface area contributed by atoms with Gasteiger partial charge in [-0.15, -0.1) is 0 Å². The molecule has 17 atom stereocenters. The Labute approximate surface area is 601 Å². The van der Waals surface area contributed by atoms with Crippen molar-refractivity contribution in [3.05, 3.63) is 122 Å². The molecule has 3 fully saturated rings. The van der Waals surface area contributed by atoms with Crippen molar-refractivity contribution < 1.29 is 89.4 Å². The molecule has 1 amide bonds. The fourth-order valence-corrected chi connectivity index (χ4v) is 12.3. The molecule has 0 aromatic rings. The van der Waals surface area contributed by atoms with Gasteiger partial charge in [0.1, 0.15) is 73.2 Å². The van der Waals surface area contributed by atoms with E-state index in [1.54, 1.807) is 0 Å². The van der Waals surface area contributed by atoms with Gasteiger partial charge < -0.3 is 89.9 Å². The van der Waals surface area contributed by atoms with Crippen LogP contribution >= 0.6 is 0 Å². The van der Waals surface area contributed by atoms with Crippen LogP contribution in [0.1, 0.15) is 251 Å². The Kier molecular flexibility index (Phi) is 54.7. The molecule has 3 saturated heterocycles. The zero-order valence-electron chi connectivity index (χ0n) is 61.1. The van der Waals surface area contributed by atoms with Gasteiger partial charge in [0.2, 0.25) is 5.91 Å². The highest BCUT2D eigenvalue weighted by molar-refractivity contribution is 5.76. The van der Waals surface area contributed by atoms with Gasteiger partial charge in [0.15, 0.2) is 18.9 Å². The van der Waals surface area contributed by atoms with Gasteiger partial charge in [-0.1, -0.05) is 277 Å². The molecular formula is C81H137NO18. The third-order valence-electron chi connectivity index (χ3n) is 18.6. The number of allylic oxidation sites excluding steroid dienone is 20. The van der Waals surface area contributed by atoms with Gasteiger partial charge in [-0.2, -0.15) is 0 Å². The lowest BCUT2D eigenvalue weighted by Gasteiger charge is -2.48. The van der Waals surface area contributed by atoms with Gasteiger partial charge in [-0.05, 0) is 89.9 Å². The molecule has 3 aliphatic heterocycles. The van der Waals surface area contributed by atoms with Gasteiger partial charge in [-0.25, -0.2) is 0 Å². The molecule has 0 spiro atoms. The van der Waals surface area contributed by atoms with Crippen molar-refractivity contribution in [2.75, 3.05) is 26.4 Å². The topological polar surface area (TPSA) is 307 Å². The second-order valence-electron chi connectivity index (χ2n) is 27.1. The Balaban J connectivity index is 1.37. The third kappa shape index (κ3) is 40.5. The minimum atomic E-state index is -1.98. The molecule has 19 heteroatoms. The van der Waals surface area contributed by atoms with E-state index in [9.17, 15) is 61.0 Å². The highest BCUT2D eigenvalue weighted by Crippen LogP contribution is 2.33. The first-order chi connectivity index (χ1) is 48.8. The van der Waals surface area contributed by atoms with Crippen LogP contribution in [0.2, 0.25) is 0 Å². The summed E-state index contributed by atoms with van der Waals surface area (Å²) in [6, 6.07) is -0.905. The van der Waals surface area contributed by atoms with Crippen molar-refractivity contribution >= 4 is 5.91 Å². The molecule has 3 aliphatic rings. The van der Waals surface area contributed by atoms with Crippen LogP contribution in [0.4, 0.5) is 0 Å². The first kappa shape index (κ1) is 90.4. The highest BCUT2D eigenvalue weighted by atomic mass is 16.8. The average molecular weight is 1410 g/mol. The number of ether oxygens (including phenoxy) is 6. The summed E-state index contributed by atoms with van der Waals surface area (Å²) in [5.41, 5.74) is 0. The van der Waals surface area contributed by atoms with Crippen LogP contribution in [0, 0.1) is 0 Å². The summed E-state index contributed by atoms with van der Waals surface area (Å²) >= 11 is 0. The minimum absolute atomic E-state index is 0.242. The van der Waals surface area contributed by atoms with Crippen LogP contribution in [-0.2, 0) is 33.2 Å². The van der Waals surface area contributed by atoms with Crippen LogP contribution in [-0.4, -0.2) is 193 Å². The largest absolute Gasteiger partial charge is 0.394 e. The predicted molar refractivity (Wildman–Crippen MR) is 397 cm³/mol. The maximum atomic E-state index is 13.5. The predicted octanol–water partition coefficient (Wildman–Crippen LogP) is 12.3. The number of hydrogen-bond acceptors (Lipinski definition) is 18. The molecule has 100 heavy (non-hydrogen) atoms. The molecule has 0 aliphatic carbocycles. The summed E-state index contributed by atoms with van der Waals surface area (Å²) in [5, 5.41) is 121. The minimum Gasteiger partial charge on any atom is -0.394 e. The fourth-order valence-electron chi connectivity index (χ4n) is 12.3. The van der Waals surface area contributed by atoms with Crippen molar-refractivity contribution in [3.63, 3.8) is 0 Å². The van der Waals surface area contributed by atoms with Crippen LogP contribution in [0.3, 0.4) is 0 Å². The highest BCUT2D eigenvalue weighted by Gasteiger charge is 2.54. The molecule has 19 nitrogen and oxygen atoms in total. The molecule has 0 radical (unpaired) electrons. The zero-order chi connectivity index (χ0) is 72.5. The van der Waals surface area contributed by atoms with E-state index in [0.717, 1.165) is 128 Å². The molecule has 0 aromatic carbocycles. The maximum Gasteiger partial charge on any atom is 0.220 e. The third-order valence-corrected chi connectivity index (χ3v) is 18.6. The second kappa shape index (κ2) is 60.5. The number of aliphatic hydroxyl groups excluding tert-OH is 11. The van der Waals surface area contributed by atoms with Crippen molar-refractivity contribution in [1.29, 1.82) is 0 Å². The molecule has 0 bridgehead atoms. The normalized spacial score (nSPS) is 27.1. The van der Waals surface area contributed by atoms with E-state index in [-0.39, 0.29) is 18.9 Å². The number of hydrogen-bond donors (Lipinski definition) is 12. The molecule has 12 N–H and O–H groups in total. The van der Waals surface area contributed by atoms with Crippen molar-refractivity contribution in [2.24, 2.45) is 0 Å². The Morgan fingerprint density at radius 3 is 1.08 bits per heavy atom. The number of carbonyl (C=O) groups excluding carboxylic acids is 1. The lowest BCUT2D eigenvalue weighted by molar-refractivity contribution is -0.379. The quantitative estimate of drug-likeness (QED) is 0.0199. The van der Waals surface area contributed by atoms with Crippen LogP contribution in [0.25, 0.3) is 0 Å². The van der Waals surface area contributed by atoms with Crippen LogP contribution in [0.5, 0.6) is 0 Å². The van der Waals surface area contributed by atoms with E-state index in [4.69, 9.17) is 28.4 Å². The molecule has 574 valence electrons. The lowest BCUT2D eigenvalue weighted by Crippen LogP contribution is -2.66. The smallest absolute Gasteiger partial charge is 0.220 e. The molecule has 3 heterocycles.